The summed E-state index contributed by atoms with van der Waals surface area (Å²) < 4.78 is 36.7. The topological polar surface area (TPSA) is 168 Å². The number of benzene rings is 1. The first-order chi connectivity index (χ1) is 22.7. The molecular weight excluding hydrogens is 634 g/mol. The molecule has 0 amide bonds. The molecule has 7 rings (SSSR count). The van der Waals surface area contributed by atoms with Gasteiger partial charge in [0.2, 0.25) is 11.2 Å². The van der Waals surface area contributed by atoms with Crippen molar-refractivity contribution in [1.29, 1.82) is 5.26 Å². The maximum absolute atomic E-state index is 14.5. The molecule has 1 aromatic carbocycles. The molecule has 4 heterocycles. The van der Waals surface area contributed by atoms with Crippen molar-refractivity contribution in [2.45, 2.75) is 123 Å². The first-order valence-electron chi connectivity index (χ1n) is 16.7. The van der Waals surface area contributed by atoms with Crippen LogP contribution in [0.25, 0.3) is 11.0 Å². The highest BCUT2D eigenvalue weighted by Crippen LogP contribution is 2.67. The van der Waals surface area contributed by atoms with Gasteiger partial charge in [-0.05, 0) is 78.0 Å². The lowest BCUT2D eigenvalue weighted by atomic mass is 9.66. The van der Waals surface area contributed by atoms with Crippen molar-refractivity contribution in [3.63, 3.8) is 0 Å². The van der Waals surface area contributed by atoms with E-state index < -0.39 is 80.2 Å². The van der Waals surface area contributed by atoms with E-state index in [4.69, 9.17) is 28.1 Å². The van der Waals surface area contributed by atoms with Gasteiger partial charge in [-0.3, -0.25) is 9.59 Å². The number of aryl methyl sites for hydroxylation is 1. The van der Waals surface area contributed by atoms with Crippen molar-refractivity contribution in [1.82, 2.24) is 0 Å². The van der Waals surface area contributed by atoms with E-state index in [1.807, 2.05) is 6.07 Å². The van der Waals surface area contributed by atoms with Gasteiger partial charge in [0.1, 0.15) is 16.9 Å². The molecule has 4 bridgehead atoms. The molecule has 5 aliphatic rings. The number of rotatable bonds is 5. The Labute approximate surface area is 283 Å². The maximum Gasteiger partial charge on any atom is 0.351 e. The van der Waals surface area contributed by atoms with Gasteiger partial charge < -0.3 is 28.1 Å². The number of hydrogen-bond donors (Lipinski definition) is 0. The molecule has 0 radical (unpaired) electrons. The monoisotopic (exact) mass is 675 g/mol. The zero-order chi connectivity index (χ0) is 35.9. The summed E-state index contributed by atoms with van der Waals surface area (Å²) in [5.74, 6) is -2.42. The Kier molecular flexibility index (Phi) is 6.51. The zero-order valence-electron chi connectivity index (χ0n) is 29.3. The molecular formula is C37H41NO11. The number of carbonyl (C=O) groups excluding carboxylic acids is 4. The van der Waals surface area contributed by atoms with Gasteiger partial charge >= 0.3 is 29.5 Å². The van der Waals surface area contributed by atoms with E-state index in [1.165, 1.54) is 0 Å². The van der Waals surface area contributed by atoms with Crippen LogP contribution in [0.5, 0.6) is 5.75 Å². The van der Waals surface area contributed by atoms with E-state index in [1.54, 1.807) is 74.4 Å². The Morgan fingerprint density at radius 1 is 0.816 bits per heavy atom. The molecule has 0 spiro atoms. The summed E-state index contributed by atoms with van der Waals surface area (Å²) in [6, 6.07) is 5.33. The van der Waals surface area contributed by atoms with Gasteiger partial charge in [0.25, 0.3) is 0 Å². The van der Waals surface area contributed by atoms with Gasteiger partial charge in [-0.2, -0.15) is 5.26 Å². The smallest absolute Gasteiger partial charge is 0.351 e. The molecule has 3 aliphatic heterocycles. The minimum absolute atomic E-state index is 0.0340. The van der Waals surface area contributed by atoms with Crippen LogP contribution in [0.15, 0.2) is 21.3 Å². The summed E-state index contributed by atoms with van der Waals surface area (Å²) in [4.78, 5) is 68.4. The highest BCUT2D eigenvalue weighted by Gasteiger charge is 2.78. The summed E-state index contributed by atoms with van der Waals surface area (Å²) in [5, 5.41) is 9.83. The van der Waals surface area contributed by atoms with Crippen LogP contribution in [-0.4, -0.2) is 46.8 Å². The lowest BCUT2D eigenvalue weighted by Gasteiger charge is -2.45. The van der Waals surface area contributed by atoms with Gasteiger partial charge in [-0.1, -0.05) is 27.7 Å². The summed E-state index contributed by atoms with van der Waals surface area (Å²) in [5.41, 5.74) is -8.19. The van der Waals surface area contributed by atoms with E-state index >= 15 is 0 Å². The largest absolute Gasteiger partial charge is 0.483 e. The predicted molar refractivity (Wildman–Crippen MR) is 170 cm³/mol. The third kappa shape index (κ3) is 3.71. The molecule has 12 nitrogen and oxygen atoms in total. The van der Waals surface area contributed by atoms with E-state index in [2.05, 4.69) is 0 Å². The number of ether oxygens (including phenoxy) is 5. The van der Waals surface area contributed by atoms with Gasteiger partial charge in [0, 0.05) is 16.2 Å². The molecule has 1 aromatic heterocycles. The van der Waals surface area contributed by atoms with Gasteiger partial charge in [-0.25, -0.2) is 14.4 Å². The van der Waals surface area contributed by atoms with Gasteiger partial charge in [0.15, 0.2) is 12.2 Å². The number of hydrogen-bond acceptors (Lipinski definition) is 12. The Hall–Kier alpha value is -4.40. The molecule has 6 atom stereocenters. The van der Waals surface area contributed by atoms with Crippen LogP contribution in [0.4, 0.5) is 0 Å². The average Bonchev–Trinajstić information content (AvgIpc) is 3.48. The zero-order valence-corrected chi connectivity index (χ0v) is 29.3. The number of carbonyl (C=O) groups is 4. The van der Waals surface area contributed by atoms with Crippen LogP contribution in [0.1, 0.15) is 104 Å². The van der Waals surface area contributed by atoms with Crippen molar-refractivity contribution >= 4 is 34.8 Å². The molecule has 2 saturated heterocycles. The van der Waals surface area contributed by atoms with Crippen molar-refractivity contribution in [3.05, 3.63) is 39.2 Å². The normalized spacial score (nSPS) is 35.6. The summed E-state index contributed by atoms with van der Waals surface area (Å²) >= 11 is 0. The highest BCUT2D eigenvalue weighted by molar-refractivity contribution is 5.95. The molecule has 260 valence electrons. The van der Waals surface area contributed by atoms with Crippen LogP contribution in [0.2, 0.25) is 0 Å². The second kappa shape index (κ2) is 9.64. The molecule has 4 fully saturated rings. The fourth-order valence-electron chi connectivity index (χ4n) is 9.11. The van der Waals surface area contributed by atoms with E-state index in [0.29, 0.717) is 23.8 Å². The average molecular weight is 676 g/mol. The van der Waals surface area contributed by atoms with Gasteiger partial charge in [-0.15, -0.1) is 0 Å². The first kappa shape index (κ1) is 33.1. The minimum atomic E-state index is -1.63. The number of nitrogens with zero attached hydrogens (tertiary/aromatic N) is 1. The van der Waals surface area contributed by atoms with Crippen molar-refractivity contribution in [2.75, 3.05) is 0 Å². The van der Waals surface area contributed by atoms with Crippen molar-refractivity contribution < 1.29 is 47.3 Å². The molecule has 2 aromatic rings. The summed E-state index contributed by atoms with van der Waals surface area (Å²) in [6.07, 6.45) is -1.68. The Morgan fingerprint density at radius 3 is 1.82 bits per heavy atom. The quantitative estimate of drug-likeness (QED) is 0.235. The summed E-state index contributed by atoms with van der Waals surface area (Å²) in [6.45, 7) is 15.8. The predicted octanol–water partition coefficient (Wildman–Crippen LogP) is 5.08. The standard InChI is InChI=1S/C37H41NO11/c1-18-19-10-11-21-22(23(19)44-26(39)20(18)12-17-38)24(45-29(42)36-15-13-34(8,27(40)48-36)32(36,4)5)25(31(2,3)47-21)46-30(43)37-16-14-35(9,28(41)49-37)33(37,6)7/h10-11,24-25H,12-16H2,1-9H3/t24-,25-,34+,35+,36-,37-/m1/s1. The fourth-order valence-corrected chi connectivity index (χ4v) is 9.11. The Balaban J connectivity index is 1.39. The number of nitriles is 1. The van der Waals surface area contributed by atoms with Crippen LogP contribution in [-0.2, 0) is 44.5 Å². The number of esters is 4. The van der Waals surface area contributed by atoms with Crippen molar-refractivity contribution in [2.24, 2.45) is 21.7 Å². The third-order valence-corrected chi connectivity index (χ3v) is 13.6. The highest BCUT2D eigenvalue weighted by atomic mass is 16.7. The molecule has 12 heteroatoms. The molecule has 49 heavy (non-hydrogen) atoms. The SMILES string of the molecule is Cc1c(CC#N)c(=O)oc2c3c(ccc12)OC(C)(C)[C@H](OC(=O)[C@@]12CC[C@@](C)(C(=O)O1)C2(C)C)[C@@H]3OC(=O)[C@@]12CC[C@@](C)(C(=O)O1)C2(C)C. The van der Waals surface area contributed by atoms with E-state index in [9.17, 15) is 29.2 Å². The molecule has 2 saturated carbocycles. The molecule has 2 aliphatic carbocycles. The molecule has 0 N–H and O–H groups in total. The van der Waals surface area contributed by atoms with Crippen molar-refractivity contribution in [3.8, 4) is 11.8 Å². The van der Waals surface area contributed by atoms with Gasteiger partial charge in [0.05, 0.1) is 34.4 Å². The number of fused-ring (bicyclic) bond motifs is 7. The lowest BCUT2D eigenvalue weighted by molar-refractivity contribution is -0.217. The van der Waals surface area contributed by atoms with E-state index in [0.717, 1.165) is 0 Å². The van der Waals surface area contributed by atoms with Crippen LogP contribution in [0, 0.1) is 39.9 Å². The van der Waals surface area contributed by atoms with Crippen LogP contribution < -0.4 is 10.4 Å². The van der Waals surface area contributed by atoms with Crippen LogP contribution in [0.3, 0.4) is 0 Å². The van der Waals surface area contributed by atoms with E-state index in [-0.39, 0.29) is 41.7 Å². The fraction of sp³-hybridized carbons (Fsp3) is 0.622. The maximum atomic E-state index is 14.5. The van der Waals surface area contributed by atoms with Crippen LogP contribution >= 0.6 is 0 Å². The third-order valence-electron chi connectivity index (χ3n) is 13.6. The first-order valence-corrected chi connectivity index (χ1v) is 16.7. The summed E-state index contributed by atoms with van der Waals surface area (Å²) in [7, 11) is 0. The lowest BCUT2D eigenvalue weighted by Crippen LogP contribution is -2.57. The minimum Gasteiger partial charge on any atom is -0.483 e. The Bertz CT molecular complexity index is 2000. The Morgan fingerprint density at radius 2 is 1.35 bits per heavy atom. The second-order valence-electron chi connectivity index (χ2n) is 16.4. The second-order valence-corrected chi connectivity index (χ2v) is 16.4. The molecule has 0 unspecified atom stereocenters.